The van der Waals surface area contributed by atoms with E-state index < -0.39 is 29.3 Å². The Morgan fingerprint density at radius 3 is 2.46 bits per heavy atom. The van der Waals surface area contributed by atoms with Crippen LogP contribution >= 0.6 is 0 Å². The Bertz CT molecular complexity index is 1530. The van der Waals surface area contributed by atoms with Crippen LogP contribution in [-0.2, 0) is 6.18 Å². The number of benzene rings is 3. The normalized spacial score (nSPS) is 12.6. The number of urea groups is 1. The lowest BCUT2D eigenvalue weighted by Crippen LogP contribution is -2.20. The number of carbonyl (C=O) groups is 1. The summed E-state index contributed by atoms with van der Waals surface area (Å²) in [5, 5.41) is 4.99. The van der Waals surface area contributed by atoms with Crippen molar-refractivity contribution in [1.82, 2.24) is 9.97 Å². The third-order valence-electron chi connectivity index (χ3n) is 5.51. The van der Waals surface area contributed by atoms with Gasteiger partial charge in [0.25, 0.3) is 0 Å². The number of aromatic nitrogens is 2. The first-order valence-corrected chi connectivity index (χ1v) is 11.7. The zero-order chi connectivity index (χ0) is 27.6. The summed E-state index contributed by atoms with van der Waals surface area (Å²) in [6.07, 6.45) is -3.36. The fourth-order valence-corrected chi connectivity index (χ4v) is 3.82. The molecule has 0 saturated carbocycles. The van der Waals surface area contributed by atoms with Crippen molar-refractivity contribution < 1.29 is 41.3 Å². The Balaban J connectivity index is 1.33. The van der Waals surface area contributed by atoms with Gasteiger partial charge in [-0.2, -0.15) is 13.2 Å². The lowest BCUT2D eigenvalue weighted by molar-refractivity contribution is -0.137. The molecule has 0 atom stereocenters. The van der Waals surface area contributed by atoms with Crippen LogP contribution in [0.2, 0.25) is 0 Å². The Morgan fingerprint density at radius 2 is 1.74 bits per heavy atom. The van der Waals surface area contributed by atoms with Crippen LogP contribution in [0.25, 0.3) is 10.9 Å². The van der Waals surface area contributed by atoms with E-state index in [1.165, 1.54) is 30.6 Å². The quantitative estimate of drug-likeness (QED) is 0.271. The molecule has 13 heteroatoms. The van der Waals surface area contributed by atoms with Gasteiger partial charge in [0.1, 0.15) is 36.5 Å². The number of alkyl halides is 3. The summed E-state index contributed by atoms with van der Waals surface area (Å²) in [5.74, 6) is 0.854. The Labute approximate surface area is 218 Å². The molecule has 2 N–H and O–H groups in total. The third-order valence-corrected chi connectivity index (χ3v) is 5.51. The minimum Gasteiger partial charge on any atom is -0.490 e. The van der Waals surface area contributed by atoms with Gasteiger partial charge in [-0.05, 0) is 49.4 Å². The SMILES string of the molecule is CCOc1cc2ncnc(Oc3ccc(NC(=O)Nc4cc(C(F)(F)F)ccc4F)cc3)c2c2c1OCCO2. The van der Waals surface area contributed by atoms with E-state index in [-0.39, 0.29) is 11.6 Å². The van der Waals surface area contributed by atoms with Crippen molar-refractivity contribution in [2.45, 2.75) is 13.1 Å². The highest BCUT2D eigenvalue weighted by atomic mass is 19.4. The van der Waals surface area contributed by atoms with E-state index >= 15 is 0 Å². The molecule has 1 aliphatic rings. The number of hydrogen-bond acceptors (Lipinski definition) is 7. The van der Waals surface area contributed by atoms with Gasteiger partial charge >= 0.3 is 12.2 Å². The summed E-state index contributed by atoms with van der Waals surface area (Å²) < 4.78 is 75.9. The molecule has 0 unspecified atom stereocenters. The van der Waals surface area contributed by atoms with Crippen LogP contribution in [0.1, 0.15) is 12.5 Å². The van der Waals surface area contributed by atoms with Gasteiger partial charge < -0.3 is 29.6 Å². The van der Waals surface area contributed by atoms with E-state index in [4.69, 9.17) is 18.9 Å². The van der Waals surface area contributed by atoms with Crippen LogP contribution < -0.4 is 29.6 Å². The molecule has 4 aromatic rings. The van der Waals surface area contributed by atoms with Crippen LogP contribution in [-0.4, -0.2) is 35.8 Å². The molecule has 3 aromatic carbocycles. The molecule has 1 aliphatic heterocycles. The molecule has 0 spiro atoms. The first-order valence-electron chi connectivity index (χ1n) is 11.7. The number of halogens is 4. The monoisotopic (exact) mass is 544 g/mol. The van der Waals surface area contributed by atoms with Crippen LogP contribution in [0.3, 0.4) is 0 Å². The maximum atomic E-state index is 13.9. The number of nitrogens with one attached hydrogen (secondary N) is 2. The predicted octanol–water partition coefficient (Wildman–Crippen LogP) is 6.39. The van der Waals surface area contributed by atoms with E-state index in [0.717, 1.165) is 0 Å². The van der Waals surface area contributed by atoms with Gasteiger partial charge in [-0.1, -0.05) is 0 Å². The molecule has 0 fully saturated rings. The molecule has 0 saturated heterocycles. The van der Waals surface area contributed by atoms with E-state index in [0.29, 0.717) is 71.9 Å². The van der Waals surface area contributed by atoms with Crippen LogP contribution in [0.5, 0.6) is 28.9 Å². The van der Waals surface area contributed by atoms with Gasteiger partial charge in [-0.3, -0.25) is 0 Å². The summed E-state index contributed by atoms with van der Waals surface area (Å²) in [6, 6.07) is 8.56. The van der Waals surface area contributed by atoms with Crippen molar-refractivity contribution in [3.63, 3.8) is 0 Å². The van der Waals surface area contributed by atoms with Crippen LogP contribution in [0.4, 0.5) is 33.7 Å². The third kappa shape index (κ3) is 5.56. The Kier molecular flexibility index (Phi) is 6.96. The lowest BCUT2D eigenvalue weighted by Gasteiger charge is -2.23. The van der Waals surface area contributed by atoms with E-state index in [2.05, 4.69) is 20.6 Å². The maximum Gasteiger partial charge on any atom is 0.416 e. The zero-order valence-electron chi connectivity index (χ0n) is 20.3. The number of amides is 2. The standard InChI is InChI=1S/C26H20F4N4O5/c1-2-36-20-12-19-21(23-22(20)37-9-10-38-23)24(32-13-31-19)39-16-6-4-15(5-7-16)33-25(35)34-18-11-14(26(28,29)30)3-8-17(18)27/h3-8,11-13H,2,9-10H2,1H3,(H2,33,34,35). The summed E-state index contributed by atoms with van der Waals surface area (Å²) >= 11 is 0. The first kappa shape index (κ1) is 25.8. The predicted molar refractivity (Wildman–Crippen MR) is 132 cm³/mol. The highest BCUT2D eigenvalue weighted by Crippen LogP contribution is 2.47. The van der Waals surface area contributed by atoms with Gasteiger partial charge in [-0.25, -0.2) is 19.2 Å². The molecule has 9 nitrogen and oxygen atoms in total. The average Bonchev–Trinajstić information content (AvgIpc) is 2.90. The molecule has 0 radical (unpaired) electrons. The molecule has 1 aromatic heterocycles. The lowest BCUT2D eigenvalue weighted by atomic mass is 10.1. The molecule has 0 aliphatic carbocycles. The summed E-state index contributed by atoms with van der Waals surface area (Å²) in [7, 11) is 0. The van der Waals surface area contributed by atoms with Crippen molar-refractivity contribution in [3.8, 4) is 28.9 Å². The van der Waals surface area contributed by atoms with E-state index in [1.54, 1.807) is 6.07 Å². The second-order valence-electron chi connectivity index (χ2n) is 8.13. The summed E-state index contributed by atoms with van der Waals surface area (Å²) in [5.41, 5.74) is -0.912. The molecule has 2 heterocycles. The van der Waals surface area contributed by atoms with E-state index in [1.807, 2.05) is 6.92 Å². The van der Waals surface area contributed by atoms with Gasteiger partial charge in [0, 0.05) is 11.8 Å². The van der Waals surface area contributed by atoms with Gasteiger partial charge in [0.2, 0.25) is 11.6 Å². The van der Waals surface area contributed by atoms with Gasteiger partial charge in [0.05, 0.1) is 23.4 Å². The van der Waals surface area contributed by atoms with Crippen molar-refractivity contribution in [2.24, 2.45) is 0 Å². The summed E-state index contributed by atoms with van der Waals surface area (Å²) in [6.45, 7) is 2.94. The van der Waals surface area contributed by atoms with Crippen LogP contribution in [0.15, 0.2) is 54.9 Å². The molecular formula is C26H20F4N4O5. The fourth-order valence-electron chi connectivity index (χ4n) is 3.82. The van der Waals surface area contributed by atoms with Crippen molar-refractivity contribution in [2.75, 3.05) is 30.5 Å². The van der Waals surface area contributed by atoms with Crippen molar-refractivity contribution in [3.05, 3.63) is 66.2 Å². The fraction of sp³-hybridized carbons (Fsp3) is 0.192. The number of fused-ring (bicyclic) bond motifs is 3. The highest BCUT2D eigenvalue weighted by molar-refractivity contribution is 6.00. The Morgan fingerprint density at radius 1 is 1.00 bits per heavy atom. The number of ether oxygens (including phenoxy) is 4. The molecule has 2 amide bonds. The smallest absolute Gasteiger partial charge is 0.416 e. The van der Waals surface area contributed by atoms with E-state index in [9.17, 15) is 22.4 Å². The largest absolute Gasteiger partial charge is 0.490 e. The number of anilines is 2. The van der Waals surface area contributed by atoms with Gasteiger partial charge in [0.15, 0.2) is 11.5 Å². The molecule has 5 rings (SSSR count). The van der Waals surface area contributed by atoms with Crippen LogP contribution in [0, 0.1) is 5.82 Å². The summed E-state index contributed by atoms with van der Waals surface area (Å²) in [4.78, 5) is 20.8. The first-order chi connectivity index (χ1) is 18.7. The second-order valence-corrected chi connectivity index (χ2v) is 8.13. The number of nitrogens with zero attached hydrogens (tertiary/aromatic N) is 2. The molecule has 0 bridgehead atoms. The minimum absolute atomic E-state index is 0.197. The topological polar surface area (TPSA) is 104 Å². The molecule has 39 heavy (non-hydrogen) atoms. The number of carbonyl (C=O) groups excluding carboxylic acids is 1. The number of rotatable bonds is 6. The zero-order valence-corrected chi connectivity index (χ0v) is 20.3. The van der Waals surface area contributed by atoms with Crippen molar-refractivity contribution in [1.29, 1.82) is 0 Å². The van der Waals surface area contributed by atoms with Crippen molar-refractivity contribution >= 4 is 28.3 Å². The molecule has 202 valence electrons. The maximum absolute atomic E-state index is 13.9. The average molecular weight is 544 g/mol. The highest BCUT2D eigenvalue weighted by Gasteiger charge is 2.31. The van der Waals surface area contributed by atoms with Gasteiger partial charge in [-0.15, -0.1) is 0 Å². The Hall–Kier alpha value is -4.81. The second kappa shape index (κ2) is 10.5. The molecular weight excluding hydrogens is 524 g/mol. The minimum atomic E-state index is -4.69. The number of hydrogen-bond donors (Lipinski definition) is 2.